The highest BCUT2D eigenvalue weighted by molar-refractivity contribution is 6.30. The quantitative estimate of drug-likeness (QED) is 0.832. The van der Waals surface area contributed by atoms with Gasteiger partial charge in [0.1, 0.15) is 13.2 Å². The molecule has 0 saturated heterocycles. The van der Waals surface area contributed by atoms with Crippen LogP contribution in [0.25, 0.3) is 0 Å². The third kappa shape index (κ3) is 2.68. The van der Waals surface area contributed by atoms with Crippen LogP contribution in [-0.2, 0) is 17.8 Å². The highest BCUT2D eigenvalue weighted by Gasteiger charge is 2.29. The van der Waals surface area contributed by atoms with Crippen molar-refractivity contribution in [2.75, 3.05) is 18.1 Å². The number of amides is 1. The van der Waals surface area contributed by atoms with Crippen LogP contribution in [0.4, 0.5) is 5.69 Å². The van der Waals surface area contributed by atoms with Gasteiger partial charge in [-0.2, -0.15) is 0 Å². The molecular weight excluding hydrogens is 346 g/mol. The van der Waals surface area contributed by atoms with Crippen molar-refractivity contribution >= 4 is 29.2 Å². The van der Waals surface area contributed by atoms with Gasteiger partial charge in [-0.05, 0) is 35.4 Å². The van der Waals surface area contributed by atoms with E-state index in [1.54, 1.807) is 35.2 Å². The number of nitrogens with zero attached hydrogens (tertiary/aromatic N) is 1. The Hall–Kier alpha value is -2.73. The topological polar surface area (TPSA) is 78.9 Å². The van der Waals surface area contributed by atoms with E-state index < -0.39 is 5.97 Å². The molecule has 0 spiro atoms. The third-order valence-corrected chi connectivity index (χ3v) is 4.54. The molecular formula is C18H13ClNO5-. The number of hydrogen-bond acceptors (Lipinski definition) is 5. The summed E-state index contributed by atoms with van der Waals surface area (Å²) >= 11 is 5.98. The van der Waals surface area contributed by atoms with Crippen LogP contribution in [0.3, 0.4) is 0 Å². The summed E-state index contributed by atoms with van der Waals surface area (Å²) in [5.74, 6) is -0.947. The van der Waals surface area contributed by atoms with Crippen LogP contribution in [0.15, 0.2) is 30.3 Å². The van der Waals surface area contributed by atoms with Crippen molar-refractivity contribution in [1.82, 2.24) is 0 Å². The molecule has 0 fully saturated rings. The maximum Gasteiger partial charge on any atom is 0.231 e. The lowest BCUT2D eigenvalue weighted by Gasteiger charge is -2.25. The summed E-state index contributed by atoms with van der Waals surface area (Å²) in [5, 5.41) is 12.2. The predicted molar refractivity (Wildman–Crippen MR) is 88.1 cm³/mol. The second-order valence-electron chi connectivity index (χ2n) is 5.84. The molecule has 0 atom stereocenters. The Balaban J connectivity index is 1.75. The van der Waals surface area contributed by atoms with Crippen molar-refractivity contribution in [1.29, 1.82) is 0 Å². The van der Waals surface area contributed by atoms with Crippen molar-refractivity contribution in [3.63, 3.8) is 0 Å². The zero-order valence-corrected chi connectivity index (χ0v) is 13.8. The molecule has 2 aliphatic rings. The van der Waals surface area contributed by atoms with E-state index in [2.05, 4.69) is 0 Å². The highest BCUT2D eigenvalue weighted by Crippen LogP contribution is 2.38. The normalized spacial score (nSPS) is 15.2. The molecule has 6 nitrogen and oxygen atoms in total. The summed E-state index contributed by atoms with van der Waals surface area (Å²) in [6, 6.07) is 8.49. The SMILES string of the molecule is O=C([O-])c1c(CN2C(=O)Cc3cc(Cl)ccc32)ccc2c1OCCO2. The molecule has 128 valence electrons. The van der Waals surface area contributed by atoms with Crippen molar-refractivity contribution in [3.8, 4) is 11.5 Å². The molecule has 0 radical (unpaired) electrons. The Morgan fingerprint density at radius 1 is 1.20 bits per heavy atom. The second kappa shape index (κ2) is 5.97. The first-order valence-electron chi connectivity index (χ1n) is 7.76. The number of ether oxygens (including phenoxy) is 2. The molecule has 1 amide bonds. The molecule has 0 aromatic heterocycles. The van der Waals surface area contributed by atoms with E-state index >= 15 is 0 Å². The Labute approximate surface area is 148 Å². The number of carbonyl (C=O) groups is 2. The van der Waals surface area contributed by atoms with Crippen molar-refractivity contribution in [3.05, 3.63) is 52.0 Å². The van der Waals surface area contributed by atoms with Gasteiger partial charge in [0.15, 0.2) is 11.5 Å². The second-order valence-corrected chi connectivity index (χ2v) is 6.28. The number of anilines is 1. The Morgan fingerprint density at radius 3 is 2.80 bits per heavy atom. The zero-order chi connectivity index (χ0) is 17.6. The van der Waals surface area contributed by atoms with Crippen LogP contribution in [0.2, 0.25) is 5.02 Å². The summed E-state index contributed by atoms with van der Waals surface area (Å²) in [5.41, 5.74) is 1.91. The van der Waals surface area contributed by atoms with E-state index in [0.717, 1.165) is 11.3 Å². The van der Waals surface area contributed by atoms with Gasteiger partial charge in [-0.1, -0.05) is 17.7 Å². The first-order chi connectivity index (χ1) is 12.0. The molecule has 0 aliphatic carbocycles. The fourth-order valence-electron chi connectivity index (χ4n) is 3.21. The molecule has 0 bridgehead atoms. The van der Waals surface area contributed by atoms with Gasteiger partial charge in [0.25, 0.3) is 0 Å². The molecule has 2 aliphatic heterocycles. The van der Waals surface area contributed by atoms with Crippen molar-refractivity contribution in [2.45, 2.75) is 13.0 Å². The minimum absolute atomic E-state index is 0.0765. The largest absolute Gasteiger partial charge is 0.545 e. The molecule has 2 aromatic rings. The number of halogens is 1. The van der Waals surface area contributed by atoms with Gasteiger partial charge in [0, 0.05) is 16.3 Å². The van der Waals surface area contributed by atoms with E-state index in [-0.39, 0.29) is 36.8 Å². The Bertz CT molecular complexity index is 895. The van der Waals surface area contributed by atoms with Gasteiger partial charge in [-0.15, -0.1) is 0 Å². The van der Waals surface area contributed by atoms with Crippen LogP contribution in [0, 0.1) is 0 Å². The van der Waals surface area contributed by atoms with Gasteiger partial charge in [-0.3, -0.25) is 4.79 Å². The van der Waals surface area contributed by atoms with Gasteiger partial charge >= 0.3 is 0 Å². The van der Waals surface area contributed by atoms with E-state index in [1.807, 2.05) is 0 Å². The fraction of sp³-hybridized carbons (Fsp3) is 0.222. The van der Waals surface area contributed by atoms with Crippen LogP contribution in [0.1, 0.15) is 21.5 Å². The van der Waals surface area contributed by atoms with Crippen molar-refractivity contribution in [2.24, 2.45) is 0 Å². The van der Waals surface area contributed by atoms with Gasteiger partial charge in [0.2, 0.25) is 5.91 Å². The Kier molecular flexibility index (Phi) is 3.77. The number of carbonyl (C=O) groups excluding carboxylic acids is 2. The summed E-state index contributed by atoms with van der Waals surface area (Å²) in [6.07, 6.45) is 0.237. The lowest BCUT2D eigenvalue weighted by Crippen LogP contribution is -2.31. The molecule has 0 unspecified atom stereocenters. The lowest BCUT2D eigenvalue weighted by atomic mass is 10.0. The number of carboxylic acids is 1. The number of carboxylic acid groups (broad SMARTS) is 1. The summed E-state index contributed by atoms with van der Waals surface area (Å²) in [6.45, 7) is 0.728. The molecule has 25 heavy (non-hydrogen) atoms. The van der Waals surface area contributed by atoms with Gasteiger partial charge in [0.05, 0.1) is 18.9 Å². The molecule has 0 saturated carbocycles. The number of hydrogen-bond donors (Lipinski definition) is 0. The lowest BCUT2D eigenvalue weighted by molar-refractivity contribution is -0.255. The van der Waals surface area contributed by atoms with Gasteiger partial charge < -0.3 is 24.3 Å². The maximum absolute atomic E-state index is 12.4. The summed E-state index contributed by atoms with van der Waals surface area (Å²) in [7, 11) is 0. The van der Waals surface area contributed by atoms with Crippen LogP contribution in [0.5, 0.6) is 11.5 Å². The maximum atomic E-state index is 12.4. The fourth-order valence-corrected chi connectivity index (χ4v) is 3.40. The van der Waals surface area contributed by atoms with Crippen molar-refractivity contribution < 1.29 is 24.2 Å². The molecule has 2 heterocycles. The smallest absolute Gasteiger partial charge is 0.231 e. The molecule has 2 aromatic carbocycles. The van der Waals surface area contributed by atoms with E-state index in [0.29, 0.717) is 22.9 Å². The first kappa shape index (κ1) is 15.8. The number of fused-ring (bicyclic) bond motifs is 2. The first-order valence-corrected chi connectivity index (χ1v) is 8.14. The van der Waals surface area contributed by atoms with Gasteiger partial charge in [-0.25, -0.2) is 0 Å². The third-order valence-electron chi connectivity index (χ3n) is 4.30. The number of rotatable bonds is 3. The standard InChI is InChI=1S/C18H14ClNO5/c19-12-2-3-13-11(7-12)8-15(21)20(13)9-10-1-4-14-17(16(10)18(22)23)25-6-5-24-14/h1-4,7H,5-6,8-9H2,(H,22,23)/p-1. The van der Waals surface area contributed by atoms with E-state index in [1.165, 1.54) is 0 Å². The molecule has 0 N–H and O–H groups in total. The number of benzene rings is 2. The monoisotopic (exact) mass is 358 g/mol. The molecule has 4 rings (SSSR count). The number of aromatic carboxylic acids is 1. The average Bonchev–Trinajstić information content (AvgIpc) is 2.89. The zero-order valence-electron chi connectivity index (χ0n) is 13.1. The minimum Gasteiger partial charge on any atom is -0.545 e. The van der Waals surface area contributed by atoms with Crippen LogP contribution < -0.4 is 19.5 Å². The average molecular weight is 359 g/mol. The van der Waals surface area contributed by atoms with E-state index in [4.69, 9.17) is 21.1 Å². The predicted octanol–water partition coefficient (Wildman–Crippen LogP) is 1.56. The van der Waals surface area contributed by atoms with Crippen LogP contribution >= 0.6 is 11.6 Å². The molecule has 7 heteroatoms. The van der Waals surface area contributed by atoms with E-state index in [9.17, 15) is 14.7 Å². The van der Waals surface area contributed by atoms with Crippen LogP contribution in [-0.4, -0.2) is 25.1 Å². The summed E-state index contributed by atoms with van der Waals surface area (Å²) in [4.78, 5) is 25.6. The minimum atomic E-state index is -1.36. The summed E-state index contributed by atoms with van der Waals surface area (Å²) < 4.78 is 10.9. The Morgan fingerprint density at radius 2 is 2.00 bits per heavy atom. The highest BCUT2D eigenvalue weighted by atomic mass is 35.5.